The number of rotatable bonds is 6. The molecule has 80 valence electrons. The summed E-state index contributed by atoms with van der Waals surface area (Å²) in [6.45, 7) is 6.81. The molecule has 1 heterocycles. The molecule has 4 nitrogen and oxygen atoms in total. The van der Waals surface area contributed by atoms with Gasteiger partial charge in [0.05, 0.1) is 6.54 Å². The van der Waals surface area contributed by atoms with Gasteiger partial charge in [0, 0.05) is 18.7 Å². The van der Waals surface area contributed by atoms with Crippen LogP contribution in [0.15, 0.2) is 4.52 Å². The van der Waals surface area contributed by atoms with Gasteiger partial charge in [-0.25, -0.2) is 0 Å². The summed E-state index contributed by atoms with van der Waals surface area (Å²) >= 11 is 1.93. The van der Waals surface area contributed by atoms with Gasteiger partial charge in [0.25, 0.3) is 0 Å². The van der Waals surface area contributed by atoms with Gasteiger partial charge >= 0.3 is 0 Å². The molecule has 0 fully saturated rings. The van der Waals surface area contributed by atoms with Crippen molar-refractivity contribution in [3.8, 4) is 0 Å². The van der Waals surface area contributed by atoms with Gasteiger partial charge in [-0.05, 0) is 12.7 Å². The summed E-state index contributed by atoms with van der Waals surface area (Å²) in [6, 6.07) is 0.485. The van der Waals surface area contributed by atoms with Crippen LogP contribution in [0.4, 0.5) is 0 Å². The smallest absolute Gasteiger partial charge is 0.223 e. The summed E-state index contributed by atoms with van der Waals surface area (Å²) < 4.78 is 4.87. The van der Waals surface area contributed by atoms with Crippen LogP contribution in [0.1, 0.15) is 25.6 Å². The van der Waals surface area contributed by atoms with E-state index in [9.17, 15) is 0 Å². The minimum Gasteiger partial charge on any atom is -0.340 e. The largest absolute Gasteiger partial charge is 0.340 e. The van der Waals surface area contributed by atoms with Gasteiger partial charge in [0.1, 0.15) is 0 Å². The molecule has 1 aromatic heterocycles. The molecule has 0 saturated carbocycles. The Balaban J connectivity index is 2.20. The van der Waals surface area contributed by atoms with E-state index in [4.69, 9.17) is 4.52 Å². The normalized spacial score (nSPS) is 13.1. The third-order valence-corrected chi connectivity index (χ3v) is 2.89. The Kier molecular flexibility index (Phi) is 4.97. The molecule has 1 aromatic rings. The molecule has 0 aliphatic carbocycles. The van der Waals surface area contributed by atoms with Gasteiger partial charge in [-0.15, -0.1) is 0 Å². The second-order valence-electron chi connectivity index (χ2n) is 3.17. The Bertz CT molecular complexity index is 264. The van der Waals surface area contributed by atoms with Crippen molar-refractivity contribution in [2.75, 3.05) is 11.5 Å². The Hall–Kier alpha value is -0.550. The lowest BCUT2D eigenvalue weighted by Gasteiger charge is -2.10. The molecule has 0 radical (unpaired) electrons. The highest BCUT2D eigenvalue weighted by atomic mass is 32.2. The Labute approximate surface area is 88.8 Å². The molecule has 0 spiro atoms. The van der Waals surface area contributed by atoms with E-state index in [2.05, 4.69) is 29.3 Å². The molecule has 1 atom stereocenters. The molecule has 5 heteroatoms. The first-order chi connectivity index (χ1) is 6.72. The number of nitrogens with zero attached hydrogens (tertiary/aromatic N) is 2. The number of aromatic nitrogens is 2. The van der Waals surface area contributed by atoms with E-state index in [0.717, 1.165) is 17.3 Å². The van der Waals surface area contributed by atoms with Crippen LogP contribution >= 0.6 is 11.8 Å². The van der Waals surface area contributed by atoms with Crippen molar-refractivity contribution in [3.05, 3.63) is 11.7 Å². The molecule has 1 rings (SSSR count). The summed E-state index contributed by atoms with van der Waals surface area (Å²) in [5.74, 6) is 3.63. The van der Waals surface area contributed by atoms with E-state index in [1.54, 1.807) is 6.92 Å². The van der Waals surface area contributed by atoms with Crippen molar-refractivity contribution >= 4 is 11.8 Å². The van der Waals surface area contributed by atoms with E-state index in [1.165, 1.54) is 0 Å². The van der Waals surface area contributed by atoms with Gasteiger partial charge in [-0.3, -0.25) is 0 Å². The molecule has 0 saturated heterocycles. The summed E-state index contributed by atoms with van der Waals surface area (Å²) in [6.07, 6.45) is 0. The fourth-order valence-corrected chi connectivity index (χ4v) is 1.74. The average molecular weight is 215 g/mol. The highest BCUT2D eigenvalue weighted by Gasteiger charge is 2.04. The predicted molar refractivity (Wildman–Crippen MR) is 58.3 cm³/mol. The van der Waals surface area contributed by atoms with E-state index >= 15 is 0 Å². The maximum atomic E-state index is 4.87. The molecular weight excluding hydrogens is 198 g/mol. The van der Waals surface area contributed by atoms with Crippen LogP contribution in [-0.2, 0) is 6.54 Å². The monoisotopic (exact) mass is 215 g/mol. The summed E-state index contributed by atoms with van der Waals surface area (Å²) in [5, 5.41) is 7.15. The third-order valence-electron chi connectivity index (χ3n) is 1.75. The van der Waals surface area contributed by atoms with Crippen LogP contribution in [0.25, 0.3) is 0 Å². The van der Waals surface area contributed by atoms with Crippen molar-refractivity contribution in [2.24, 2.45) is 0 Å². The third kappa shape index (κ3) is 4.11. The molecule has 0 amide bonds. The molecule has 14 heavy (non-hydrogen) atoms. The summed E-state index contributed by atoms with van der Waals surface area (Å²) in [5.41, 5.74) is 0. The molecule has 0 aliphatic rings. The van der Waals surface area contributed by atoms with Crippen LogP contribution in [0.2, 0.25) is 0 Å². The van der Waals surface area contributed by atoms with E-state index < -0.39 is 0 Å². The van der Waals surface area contributed by atoms with Crippen LogP contribution in [0.5, 0.6) is 0 Å². The Morgan fingerprint density at radius 2 is 2.36 bits per heavy atom. The van der Waals surface area contributed by atoms with Crippen molar-refractivity contribution in [2.45, 2.75) is 33.4 Å². The van der Waals surface area contributed by atoms with E-state index in [0.29, 0.717) is 18.5 Å². The topological polar surface area (TPSA) is 51.0 Å². The number of nitrogens with one attached hydrogen (secondary N) is 1. The summed E-state index contributed by atoms with van der Waals surface area (Å²) in [7, 11) is 0. The second-order valence-corrected chi connectivity index (χ2v) is 4.49. The summed E-state index contributed by atoms with van der Waals surface area (Å²) in [4.78, 5) is 4.12. The maximum Gasteiger partial charge on any atom is 0.223 e. The van der Waals surface area contributed by atoms with E-state index in [-0.39, 0.29) is 0 Å². The van der Waals surface area contributed by atoms with Gasteiger partial charge in [-0.2, -0.15) is 16.7 Å². The van der Waals surface area contributed by atoms with Crippen LogP contribution in [0.3, 0.4) is 0 Å². The number of aryl methyl sites for hydroxylation is 1. The maximum absolute atomic E-state index is 4.87. The standard InChI is InChI=1S/C9H17N3OS/c1-4-14-6-7(2)10-5-9-11-8(3)13-12-9/h7,10H,4-6H2,1-3H3. The highest BCUT2D eigenvalue weighted by molar-refractivity contribution is 7.99. The number of thioether (sulfide) groups is 1. The SMILES string of the molecule is CCSCC(C)NCc1noc(C)n1. The fraction of sp³-hybridized carbons (Fsp3) is 0.778. The molecule has 1 unspecified atom stereocenters. The second kappa shape index (κ2) is 6.03. The van der Waals surface area contributed by atoms with Crippen LogP contribution < -0.4 is 5.32 Å². The fourth-order valence-electron chi connectivity index (χ4n) is 1.03. The van der Waals surface area contributed by atoms with Gasteiger partial charge < -0.3 is 9.84 Å². The predicted octanol–water partition coefficient (Wildman–Crippen LogP) is 1.61. The zero-order valence-electron chi connectivity index (χ0n) is 8.91. The quantitative estimate of drug-likeness (QED) is 0.781. The molecular formula is C9H17N3OS. The Morgan fingerprint density at radius 3 is 2.93 bits per heavy atom. The number of hydrogen-bond acceptors (Lipinski definition) is 5. The zero-order valence-corrected chi connectivity index (χ0v) is 9.73. The van der Waals surface area contributed by atoms with Crippen LogP contribution in [0, 0.1) is 6.92 Å². The first-order valence-corrected chi connectivity index (χ1v) is 5.98. The highest BCUT2D eigenvalue weighted by Crippen LogP contribution is 2.02. The average Bonchev–Trinajstić information content (AvgIpc) is 2.58. The lowest BCUT2D eigenvalue weighted by atomic mass is 10.4. The van der Waals surface area contributed by atoms with Gasteiger partial charge in [0.2, 0.25) is 5.89 Å². The molecule has 0 aromatic carbocycles. The van der Waals surface area contributed by atoms with Gasteiger partial charge in [0.15, 0.2) is 5.82 Å². The van der Waals surface area contributed by atoms with Gasteiger partial charge in [-0.1, -0.05) is 12.1 Å². The van der Waals surface area contributed by atoms with Crippen LogP contribution in [-0.4, -0.2) is 27.7 Å². The first kappa shape index (κ1) is 11.5. The minimum absolute atomic E-state index is 0.485. The molecule has 1 N–H and O–H groups in total. The van der Waals surface area contributed by atoms with Crippen molar-refractivity contribution < 1.29 is 4.52 Å². The van der Waals surface area contributed by atoms with Crippen molar-refractivity contribution in [3.63, 3.8) is 0 Å². The zero-order chi connectivity index (χ0) is 10.4. The lowest BCUT2D eigenvalue weighted by molar-refractivity contribution is 0.384. The Morgan fingerprint density at radius 1 is 1.57 bits per heavy atom. The number of hydrogen-bond donors (Lipinski definition) is 1. The van der Waals surface area contributed by atoms with Crippen molar-refractivity contribution in [1.29, 1.82) is 0 Å². The van der Waals surface area contributed by atoms with Crippen molar-refractivity contribution in [1.82, 2.24) is 15.5 Å². The first-order valence-electron chi connectivity index (χ1n) is 4.82. The molecule has 0 aliphatic heterocycles. The molecule has 0 bridgehead atoms. The van der Waals surface area contributed by atoms with E-state index in [1.807, 2.05) is 11.8 Å². The lowest BCUT2D eigenvalue weighted by Crippen LogP contribution is -2.28. The minimum atomic E-state index is 0.485.